The van der Waals surface area contributed by atoms with Crippen LogP contribution in [0.25, 0.3) is 22.6 Å². The molecule has 1 atom stereocenters. The lowest BCUT2D eigenvalue weighted by molar-refractivity contribution is -0.125. The van der Waals surface area contributed by atoms with Gasteiger partial charge in [-0.05, 0) is 25.1 Å². The molecule has 0 radical (unpaired) electrons. The number of halogens is 3. The number of anilines is 2. The van der Waals surface area contributed by atoms with Crippen molar-refractivity contribution in [2.75, 3.05) is 10.6 Å². The highest BCUT2D eigenvalue weighted by molar-refractivity contribution is 6.13. The molecule has 0 bridgehead atoms. The average molecular weight is 465 g/mol. The zero-order chi connectivity index (χ0) is 23.8. The molecule has 3 aromatic heterocycles. The summed E-state index contributed by atoms with van der Waals surface area (Å²) in [4.78, 5) is 37.7. The Morgan fingerprint density at radius 3 is 2.53 bits per heavy atom. The molecule has 2 aliphatic rings. The molecule has 0 spiro atoms. The molecule has 12 heteroatoms. The number of benzene rings is 1. The highest BCUT2D eigenvalue weighted by Crippen LogP contribution is 2.46. The number of amides is 2. The molecule has 0 unspecified atom stereocenters. The molecule has 6 rings (SSSR count). The SMILES string of the molecule is C[C@]12CC(=O)Nc3nc(-c4nn(Cc5c(F)cccc5F)c5ncc(F)cc45)nc(c31)NC2=O. The summed E-state index contributed by atoms with van der Waals surface area (Å²) in [7, 11) is 0. The monoisotopic (exact) mass is 465 g/mol. The molecule has 9 nitrogen and oxygen atoms in total. The van der Waals surface area contributed by atoms with E-state index in [0.29, 0.717) is 5.56 Å². The maximum atomic E-state index is 14.3. The Kier molecular flexibility index (Phi) is 4.07. The molecular formula is C22H14F3N7O2. The largest absolute Gasteiger partial charge is 0.310 e. The van der Waals surface area contributed by atoms with Crippen LogP contribution in [0.5, 0.6) is 0 Å². The van der Waals surface area contributed by atoms with E-state index in [-0.39, 0.29) is 64.5 Å². The number of carbonyl (C=O) groups is 2. The van der Waals surface area contributed by atoms with Crippen molar-refractivity contribution < 1.29 is 22.8 Å². The molecule has 170 valence electrons. The van der Waals surface area contributed by atoms with E-state index in [0.717, 1.165) is 24.4 Å². The van der Waals surface area contributed by atoms with Gasteiger partial charge in [-0.3, -0.25) is 9.59 Å². The van der Waals surface area contributed by atoms with Crippen molar-refractivity contribution in [3.63, 3.8) is 0 Å². The molecule has 0 saturated heterocycles. The standard InChI is InChI=1S/C22H14F3N7O2/c1-22-6-14(33)27-17-15(22)18(30-21(22)34)29-19(28-17)16-10-5-9(23)7-26-20(10)32(31-16)8-11-12(24)3-2-4-13(11)25/h2-5,7H,6,8H2,1H3,(H2,27,28,29,30,33,34)/t22-/m0/s1. The third-order valence-electron chi connectivity index (χ3n) is 6.10. The second-order valence-corrected chi connectivity index (χ2v) is 8.36. The number of fused-ring (bicyclic) bond motifs is 1. The minimum absolute atomic E-state index is 0.0225. The predicted molar refractivity (Wildman–Crippen MR) is 113 cm³/mol. The van der Waals surface area contributed by atoms with Gasteiger partial charge in [0.25, 0.3) is 0 Å². The van der Waals surface area contributed by atoms with Gasteiger partial charge in [0, 0.05) is 12.0 Å². The summed E-state index contributed by atoms with van der Waals surface area (Å²) in [5.74, 6) is -2.65. The Labute approximate surface area is 189 Å². The highest BCUT2D eigenvalue weighted by atomic mass is 19.1. The Balaban J connectivity index is 1.55. The van der Waals surface area contributed by atoms with E-state index in [1.54, 1.807) is 6.92 Å². The molecule has 0 saturated carbocycles. The molecule has 4 aromatic rings. The fraction of sp³-hybridized carbons (Fsp3) is 0.182. The van der Waals surface area contributed by atoms with Crippen LogP contribution >= 0.6 is 0 Å². The van der Waals surface area contributed by atoms with Gasteiger partial charge in [-0.15, -0.1) is 0 Å². The molecule has 0 aliphatic carbocycles. The topological polar surface area (TPSA) is 115 Å². The first-order chi connectivity index (χ1) is 16.2. The maximum absolute atomic E-state index is 14.3. The predicted octanol–water partition coefficient (Wildman–Crippen LogP) is 2.91. The van der Waals surface area contributed by atoms with E-state index in [2.05, 4.69) is 30.7 Å². The average Bonchev–Trinajstić information content (AvgIpc) is 3.25. The summed E-state index contributed by atoms with van der Waals surface area (Å²) in [5, 5.41) is 9.88. The van der Waals surface area contributed by atoms with Crippen LogP contribution in [-0.2, 0) is 21.5 Å². The van der Waals surface area contributed by atoms with Crippen molar-refractivity contribution in [1.82, 2.24) is 24.7 Å². The third kappa shape index (κ3) is 2.81. The van der Waals surface area contributed by atoms with E-state index in [4.69, 9.17) is 0 Å². The van der Waals surface area contributed by atoms with Gasteiger partial charge in [0.05, 0.1) is 29.1 Å². The number of carbonyl (C=O) groups excluding carboxylic acids is 2. The molecule has 5 heterocycles. The van der Waals surface area contributed by atoms with Gasteiger partial charge in [-0.2, -0.15) is 5.10 Å². The third-order valence-corrected chi connectivity index (χ3v) is 6.10. The Bertz CT molecular complexity index is 1550. The quantitative estimate of drug-likeness (QED) is 0.481. The molecule has 2 amide bonds. The fourth-order valence-corrected chi connectivity index (χ4v) is 4.44. The van der Waals surface area contributed by atoms with Crippen molar-refractivity contribution >= 4 is 34.5 Å². The Morgan fingerprint density at radius 2 is 1.79 bits per heavy atom. The van der Waals surface area contributed by atoms with Crippen molar-refractivity contribution in [2.45, 2.75) is 25.3 Å². The molecule has 0 fully saturated rings. The van der Waals surface area contributed by atoms with Crippen LogP contribution in [0.4, 0.5) is 24.8 Å². The van der Waals surface area contributed by atoms with E-state index < -0.39 is 22.9 Å². The molecule has 2 N–H and O–H groups in total. The zero-order valence-electron chi connectivity index (χ0n) is 17.5. The smallest absolute Gasteiger partial charge is 0.236 e. The van der Waals surface area contributed by atoms with Crippen molar-refractivity contribution in [1.29, 1.82) is 0 Å². The van der Waals surface area contributed by atoms with Gasteiger partial charge < -0.3 is 10.6 Å². The first kappa shape index (κ1) is 20.3. The van der Waals surface area contributed by atoms with Crippen molar-refractivity contribution in [3.05, 3.63) is 59.0 Å². The minimum atomic E-state index is -1.11. The Morgan fingerprint density at radius 1 is 1.09 bits per heavy atom. The number of hydrogen-bond acceptors (Lipinski definition) is 6. The van der Waals surface area contributed by atoms with E-state index in [9.17, 15) is 22.8 Å². The maximum Gasteiger partial charge on any atom is 0.236 e. The lowest BCUT2D eigenvalue weighted by Gasteiger charge is -2.27. The van der Waals surface area contributed by atoms with Gasteiger partial charge in [0.1, 0.15) is 34.8 Å². The number of nitrogens with one attached hydrogen (secondary N) is 2. The van der Waals surface area contributed by atoms with Gasteiger partial charge in [-0.1, -0.05) is 6.07 Å². The van der Waals surface area contributed by atoms with Crippen LogP contribution in [0, 0.1) is 17.5 Å². The first-order valence-corrected chi connectivity index (χ1v) is 10.2. The number of pyridine rings is 1. The number of aromatic nitrogens is 5. The van der Waals surface area contributed by atoms with Crippen molar-refractivity contribution in [2.24, 2.45) is 0 Å². The van der Waals surface area contributed by atoms with Crippen LogP contribution in [-0.4, -0.2) is 36.5 Å². The summed E-state index contributed by atoms with van der Waals surface area (Å²) < 4.78 is 43.8. The number of nitrogens with zero attached hydrogens (tertiary/aromatic N) is 5. The van der Waals surface area contributed by atoms with Gasteiger partial charge in [0.15, 0.2) is 11.5 Å². The van der Waals surface area contributed by atoms with E-state index in [1.165, 1.54) is 10.7 Å². The zero-order valence-corrected chi connectivity index (χ0v) is 17.5. The molecular weight excluding hydrogens is 451 g/mol. The van der Waals surface area contributed by atoms with Gasteiger partial charge in [0.2, 0.25) is 11.8 Å². The van der Waals surface area contributed by atoms with E-state index >= 15 is 0 Å². The first-order valence-electron chi connectivity index (χ1n) is 10.2. The minimum Gasteiger partial charge on any atom is -0.310 e. The summed E-state index contributed by atoms with van der Waals surface area (Å²) in [6.07, 6.45) is 0.906. The fourth-order valence-electron chi connectivity index (χ4n) is 4.44. The summed E-state index contributed by atoms with van der Waals surface area (Å²) in [5.41, 5.74) is -0.675. The van der Waals surface area contributed by atoms with Crippen LogP contribution in [0.1, 0.15) is 24.5 Å². The lowest BCUT2D eigenvalue weighted by atomic mass is 9.79. The Hall–Kier alpha value is -4.35. The molecule has 34 heavy (non-hydrogen) atoms. The summed E-state index contributed by atoms with van der Waals surface area (Å²) >= 11 is 0. The normalized spacial score (nSPS) is 18.7. The van der Waals surface area contributed by atoms with Gasteiger partial charge in [-0.25, -0.2) is 32.8 Å². The van der Waals surface area contributed by atoms with E-state index in [1.807, 2.05) is 0 Å². The second kappa shape index (κ2) is 6.83. The van der Waals surface area contributed by atoms with Crippen LogP contribution in [0.2, 0.25) is 0 Å². The number of hydrogen-bond donors (Lipinski definition) is 2. The van der Waals surface area contributed by atoms with Crippen LogP contribution in [0.15, 0.2) is 30.5 Å². The second-order valence-electron chi connectivity index (χ2n) is 8.36. The van der Waals surface area contributed by atoms with Gasteiger partial charge >= 0.3 is 0 Å². The van der Waals surface area contributed by atoms with Crippen LogP contribution in [0.3, 0.4) is 0 Å². The molecule has 2 aliphatic heterocycles. The lowest BCUT2D eigenvalue weighted by Crippen LogP contribution is -2.39. The van der Waals surface area contributed by atoms with Crippen molar-refractivity contribution in [3.8, 4) is 11.5 Å². The van der Waals surface area contributed by atoms with Crippen LogP contribution < -0.4 is 10.6 Å². The highest BCUT2D eigenvalue weighted by Gasteiger charge is 2.50. The number of rotatable bonds is 3. The summed E-state index contributed by atoms with van der Waals surface area (Å²) in [6, 6.07) is 4.64. The molecule has 1 aromatic carbocycles. The summed E-state index contributed by atoms with van der Waals surface area (Å²) in [6.45, 7) is 1.31.